The summed E-state index contributed by atoms with van der Waals surface area (Å²) in [5.74, 6) is 1.21. The summed E-state index contributed by atoms with van der Waals surface area (Å²) in [6.45, 7) is 2.36. The van der Waals surface area contributed by atoms with Crippen LogP contribution in [-0.4, -0.2) is 43.2 Å². The maximum absolute atomic E-state index is 10.2. The second kappa shape index (κ2) is 7.36. The second-order valence-corrected chi connectivity index (χ2v) is 9.72. The Morgan fingerprint density at radius 3 is 2.69 bits per heavy atom. The molecule has 2 aromatic rings. The molecular formula is C26H34N2O. The van der Waals surface area contributed by atoms with E-state index >= 15 is 0 Å². The summed E-state index contributed by atoms with van der Waals surface area (Å²) in [5, 5.41) is 10.2. The Kier molecular flexibility index (Phi) is 4.82. The normalized spacial score (nSPS) is 28.5. The van der Waals surface area contributed by atoms with Gasteiger partial charge in [0, 0.05) is 37.8 Å². The van der Waals surface area contributed by atoms with Crippen molar-refractivity contribution in [3.63, 3.8) is 0 Å². The number of anilines is 1. The van der Waals surface area contributed by atoms with Crippen LogP contribution in [0.4, 0.5) is 5.69 Å². The molecule has 2 bridgehead atoms. The first-order valence-corrected chi connectivity index (χ1v) is 11.4. The van der Waals surface area contributed by atoms with E-state index in [2.05, 4.69) is 60.3 Å². The molecule has 154 valence electrons. The summed E-state index contributed by atoms with van der Waals surface area (Å²) in [4.78, 5) is 4.96. The Morgan fingerprint density at radius 1 is 1.07 bits per heavy atom. The van der Waals surface area contributed by atoms with Crippen molar-refractivity contribution in [1.29, 1.82) is 0 Å². The third-order valence-electron chi connectivity index (χ3n) is 8.08. The number of phenolic OH excluding ortho intramolecular Hbond substituents is 1. The van der Waals surface area contributed by atoms with Crippen molar-refractivity contribution in [2.24, 2.45) is 5.92 Å². The largest absolute Gasteiger partial charge is 0.508 e. The molecule has 1 heterocycles. The van der Waals surface area contributed by atoms with Crippen LogP contribution in [0.15, 0.2) is 42.5 Å². The van der Waals surface area contributed by atoms with Gasteiger partial charge in [-0.2, -0.15) is 0 Å². The third kappa shape index (κ3) is 3.24. The standard InChI is InChI=1S/C26H34N2O/c1-27(2)21-9-6-19(7-10-21)12-15-28-16-14-26-13-4-3-5-23(26)25(28)17-20-8-11-22(29)18-24(20)26/h6-11,18,23,25,29H,3-5,12-17H2,1-2H3/t23-,25-,26+/m0/s1. The summed E-state index contributed by atoms with van der Waals surface area (Å²) in [6.07, 6.45) is 8.92. The summed E-state index contributed by atoms with van der Waals surface area (Å²) in [5.41, 5.74) is 6.01. The molecule has 1 aliphatic heterocycles. The molecule has 3 nitrogen and oxygen atoms in total. The third-order valence-corrected chi connectivity index (χ3v) is 8.08. The molecule has 1 N–H and O–H groups in total. The van der Waals surface area contributed by atoms with E-state index in [1.165, 1.54) is 61.0 Å². The lowest BCUT2D eigenvalue weighted by molar-refractivity contribution is -0.0106. The maximum atomic E-state index is 10.2. The molecule has 3 aliphatic rings. The van der Waals surface area contributed by atoms with Crippen LogP contribution in [0.1, 0.15) is 48.8 Å². The predicted molar refractivity (Wildman–Crippen MR) is 120 cm³/mol. The summed E-state index contributed by atoms with van der Waals surface area (Å²) < 4.78 is 0. The summed E-state index contributed by atoms with van der Waals surface area (Å²) >= 11 is 0. The van der Waals surface area contributed by atoms with Crippen molar-refractivity contribution in [2.45, 2.75) is 56.4 Å². The number of benzene rings is 2. The van der Waals surface area contributed by atoms with Gasteiger partial charge in [-0.1, -0.05) is 31.0 Å². The molecule has 2 aromatic carbocycles. The molecule has 1 saturated carbocycles. The first-order chi connectivity index (χ1) is 14.1. The van der Waals surface area contributed by atoms with E-state index in [1.807, 2.05) is 6.07 Å². The highest BCUT2D eigenvalue weighted by Gasteiger charge is 2.53. The zero-order chi connectivity index (χ0) is 20.0. The Morgan fingerprint density at radius 2 is 1.90 bits per heavy atom. The van der Waals surface area contributed by atoms with Crippen LogP contribution in [0.2, 0.25) is 0 Å². The van der Waals surface area contributed by atoms with Crippen LogP contribution < -0.4 is 4.90 Å². The van der Waals surface area contributed by atoms with Gasteiger partial charge in [-0.15, -0.1) is 0 Å². The van der Waals surface area contributed by atoms with Crippen molar-refractivity contribution in [1.82, 2.24) is 4.90 Å². The molecule has 29 heavy (non-hydrogen) atoms. The lowest BCUT2D eigenvalue weighted by Crippen LogP contribution is -2.61. The van der Waals surface area contributed by atoms with Gasteiger partial charge in [0.25, 0.3) is 0 Å². The number of piperidine rings is 1. The van der Waals surface area contributed by atoms with Crippen LogP contribution in [0.3, 0.4) is 0 Å². The van der Waals surface area contributed by atoms with Gasteiger partial charge in [0.2, 0.25) is 0 Å². The molecule has 0 aromatic heterocycles. The first-order valence-electron chi connectivity index (χ1n) is 11.4. The Bertz CT molecular complexity index is 875. The van der Waals surface area contributed by atoms with Gasteiger partial charge in [0.1, 0.15) is 5.75 Å². The van der Waals surface area contributed by atoms with E-state index in [0.29, 0.717) is 17.2 Å². The Balaban J connectivity index is 1.37. The highest BCUT2D eigenvalue weighted by molar-refractivity contribution is 5.46. The number of aromatic hydroxyl groups is 1. The van der Waals surface area contributed by atoms with Crippen LogP contribution in [-0.2, 0) is 18.3 Å². The van der Waals surface area contributed by atoms with Crippen LogP contribution >= 0.6 is 0 Å². The number of likely N-dealkylation sites (tertiary alicyclic amines) is 1. The topological polar surface area (TPSA) is 26.7 Å². The molecular weight excluding hydrogens is 356 g/mol. The zero-order valence-corrected chi connectivity index (χ0v) is 17.9. The number of phenols is 1. The lowest BCUT2D eigenvalue weighted by atomic mass is 9.52. The van der Waals surface area contributed by atoms with Crippen molar-refractivity contribution < 1.29 is 5.11 Å². The van der Waals surface area contributed by atoms with Gasteiger partial charge in [-0.05, 0) is 85.5 Å². The molecule has 5 rings (SSSR count). The number of hydrogen-bond donors (Lipinski definition) is 1. The SMILES string of the molecule is CN(C)c1ccc(CCN2CC[C@]34CCCC[C@H]3[C@@H]2Cc2ccc(O)cc24)cc1. The van der Waals surface area contributed by atoms with Crippen LogP contribution in [0, 0.1) is 5.92 Å². The minimum Gasteiger partial charge on any atom is -0.508 e. The van der Waals surface area contributed by atoms with Gasteiger partial charge < -0.3 is 10.0 Å². The monoisotopic (exact) mass is 390 g/mol. The molecule has 3 atom stereocenters. The quantitative estimate of drug-likeness (QED) is 0.815. The van der Waals surface area contributed by atoms with Crippen molar-refractivity contribution in [3.8, 4) is 5.75 Å². The van der Waals surface area contributed by atoms with E-state index in [0.717, 1.165) is 25.3 Å². The lowest BCUT2D eigenvalue weighted by Gasteiger charge is -2.59. The number of nitrogens with zero attached hydrogens (tertiary/aromatic N) is 2. The molecule has 1 saturated heterocycles. The zero-order valence-electron chi connectivity index (χ0n) is 17.9. The van der Waals surface area contributed by atoms with E-state index < -0.39 is 0 Å². The minimum atomic E-state index is 0.319. The van der Waals surface area contributed by atoms with E-state index in [4.69, 9.17) is 0 Å². The Labute approximate surface area is 175 Å². The van der Waals surface area contributed by atoms with E-state index in [1.54, 1.807) is 0 Å². The molecule has 0 radical (unpaired) electrons. The fourth-order valence-corrected chi connectivity index (χ4v) is 6.58. The number of hydrogen-bond acceptors (Lipinski definition) is 3. The number of rotatable bonds is 4. The van der Waals surface area contributed by atoms with Crippen molar-refractivity contribution >= 4 is 5.69 Å². The van der Waals surface area contributed by atoms with Gasteiger partial charge in [0.15, 0.2) is 0 Å². The number of fused-ring (bicyclic) bond motifs is 1. The minimum absolute atomic E-state index is 0.319. The van der Waals surface area contributed by atoms with E-state index in [-0.39, 0.29) is 0 Å². The fraction of sp³-hybridized carbons (Fsp3) is 0.538. The highest BCUT2D eigenvalue weighted by atomic mass is 16.3. The van der Waals surface area contributed by atoms with Gasteiger partial charge in [-0.25, -0.2) is 0 Å². The molecule has 0 amide bonds. The molecule has 2 aliphatic carbocycles. The van der Waals surface area contributed by atoms with Gasteiger partial charge in [-0.3, -0.25) is 4.90 Å². The maximum Gasteiger partial charge on any atom is 0.115 e. The predicted octanol–water partition coefficient (Wildman–Crippen LogP) is 4.76. The van der Waals surface area contributed by atoms with Crippen LogP contribution in [0.5, 0.6) is 5.75 Å². The smallest absolute Gasteiger partial charge is 0.115 e. The average Bonchev–Trinajstić information content (AvgIpc) is 2.74. The van der Waals surface area contributed by atoms with E-state index in [9.17, 15) is 5.11 Å². The Hall–Kier alpha value is -2.00. The molecule has 3 heteroatoms. The molecule has 0 unspecified atom stereocenters. The first kappa shape index (κ1) is 19.0. The summed E-state index contributed by atoms with van der Waals surface area (Å²) in [7, 11) is 4.19. The van der Waals surface area contributed by atoms with Gasteiger partial charge >= 0.3 is 0 Å². The van der Waals surface area contributed by atoms with Crippen LogP contribution in [0.25, 0.3) is 0 Å². The highest BCUT2D eigenvalue weighted by Crippen LogP contribution is 2.56. The fourth-order valence-electron chi connectivity index (χ4n) is 6.58. The summed E-state index contributed by atoms with van der Waals surface area (Å²) in [6, 6.07) is 15.9. The van der Waals surface area contributed by atoms with Crippen molar-refractivity contribution in [3.05, 3.63) is 59.2 Å². The molecule has 2 fully saturated rings. The van der Waals surface area contributed by atoms with Gasteiger partial charge in [0.05, 0.1) is 0 Å². The average molecular weight is 391 g/mol. The molecule has 0 spiro atoms. The second-order valence-electron chi connectivity index (χ2n) is 9.72. The van der Waals surface area contributed by atoms with Crippen molar-refractivity contribution in [2.75, 3.05) is 32.1 Å².